The van der Waals surface area contributed by atoms with Crippen LogP contribution in [0.5, 0.6) is 11.5 Å². The van der Waals surface area contributed by atoms with Gasteiger partial charge in [0.2, 0.25) is 0 Å². The molecule has 0 aliphatic rings. The number of nitro groups is 1. The van der Waals surface area contributed by atoms with Crippen molar-refractivity contribution in [2.24, 2.45) is 0 Å². The Bertz CT molecular complexity index is 1260. The number of methoxy groups -OCH3 is 1. The molecule has 11 nitrogen and oxygen atoms in total. The highest BCUT2D eigenvalue weighted by Gasteiger charge is 2.20. The van der Waals surface area contributed by atoms with Gasteiger partial charge in [-0.2, -0.15) is 0 Å². The molecule has 0 heterocycles. The highest BCUT2D eigenvalue weighted by Crippen LogP contribution is 2.28. The quantitative estimate of drug-likeness (QED) is 0.244. The van der Waals surface area contributed by atoms with Gasteiger partial charge in [-0.1, -0.05) is 0 Å². The summed E-state index contributed by atoms with van der Waals surface area (Å²) in [6.45, 7) is 1.91. The first-order valence-electron chi connectivity index (χ1n) is 10.7. The van der Waals surface area contributed by atoms with Gasteiger partial charge < -0.3 is 24.8 Å². The maximum Gasteiger partial charge on any atom is 0.338 e. The lowest BCUT2D eigenvalue weighted by Crippen LogP contribution is -2.20. The molecule has 0 bridgehead atoms. The fourth-order valence-corrected chi connectivity index (χ4v) is 3.08. The summed E-state index contributed by atoms with van der Waals surface area (Å²) in [5.74, 6) is -1.12. The zero-order valence-corrected chi connectivity index (χ0v) is 19.5. The van der Waals surface area contributed by atoms with Crippen LogP contribution < -0.4 is 20.1 Å². The van der Waals surface area contributed by atoms with Gasteiger partial charge in [0.15, 0.2) is 12.4 Å². The number of nitro benzene ring substituents is 1. The number of amides is 2. The molecule has 186 valence electrons. The zero-order valence-electron chi connectivity index (χ0n) is 19.5. The second-order valence-electron chi connectivity index (χ2n) is 7.26. The van der Waals surface area contributed by atoms with Gasteiger partial charge in [-0.3, -0.25) is 19.7 Å². The number of carbonyl (C=O) groups excluding carboxylic acids is 3. The number of rotatable bonds is 10. The molecule has 3 rings (SSSR count). The largest absolute Gasteiger partial charge is 0.494 e. The molecule has 3 aromatic rings. The van der Waals surface area contributed by atoms with Crippen LogP contribution in [-0.4, -0.2) is 43.0 Å². The fourth-order valence-electron chi connectivity index (χ4n) is 3.08. The van der Waals surface area contributed by atoms with Crippen molar-refractivity contribution in [2.45, 2.75) is 6.92 Å². The van der Waals surface area contributed by atoms with Crippen LogP contribution in [0, 0.1) is 10.1 Å². The van der Waals surface area contributed by atoms with Gasteiger partial charge in [0.05, 0.1) is 24.2 Å². The van der Waals surface area contributed by atoms with Crippen molar-refractivity contribution < 1.29 is 33.5 Å². The Kier molecular flexibility index (Phi) is 8.54. The van der Waals surface area contributed by atoms with Crippen molar-refractivity contribution in [3.63, 3.8) is 0 Å². The SMILES string of the molecule is CCOc1ccc(NC(=O)c2ccc(NC(=O)COc3ccc(C(=O)OC)cc3[N+](=O)[O-])cc2)cc1. The van der Waals surface area contributed by atoms with Crippen LogP contribution in [-0.2, 0) is 9.53 Å². The fraction of sp³-hybridized carbons (Fsp3) is 0.160. The summed E-state index contributed by atoms with van der Waals surface area (Å²) in [5, 5.41) is 16.6. The Balaban J connectivity index is 1.56. The maximum atomic E-state index is 12.5. The Morgan fingerprint density at radius 3 is 2.08 bits per heavy atom. The highest BCUT2D eigenvalue weighted by molar-refractivity contribution is 6.04. The third kappa shape index (κ3) is 6.79. The summed E-state index contributed by atoms with van der Waals surface area (Å²) < 4.78 is 15.2. The monoisotopic (exact) mass is 493 g/mol. The third-order valence-electron chi connectivity index (χ3n) is 4.79. The summed E-state index contributed by atoms with van der Waals surface area (Å²) in [5.41, 5.74) is 0.879. The van der Waals surface area contributed by atoms with Gasteiger partial charge in [-0.05, 0) is 67.6 Å². The van der Waals surface area contributed by atoms with E-state index >= 15 is 0 Å². The van der Waals surface area contributed by atoms with Crippen LogP contribution in [0.1, 0.15) is 27.6 Å². The van der Waals surface area contributed by atoms with Crippen LogP contribution in [0.15, 0.2) is 66.7 Å². The molecule has 11 heteroatoms. The molecule has 2 N–H and O–H groups in total. The number of hydrogen-bond acceptors (Lipinski definition) is 8. The molecule has 0 aliphatic heterocycles. The van der Waals surface area contributed by atoms with Crippen LogP contribution in [0.4, 0.5) is 17.1 Å². The Hall–Kier alpha value is -4.93. The lowest BCUT2D eigenvalue weighted by molar-refractivity contribution is -0.385. The molecule has 0 spiro atoms. The third-order valence-corrected chi connectivity index (χ3v) is 4.79. The molecule has 0 aliphatic carbocycles. The minimum absolute atomic E-state index is 0.0207. The Morgan fingerprint density at radius 2 is 1.47 bits per heavy atom. The van der Waals surface area contributed by atoms with Crippen LogP contribution >= 0.6 is 0 Å². The van der Waals surface area contributed by atoms with Gasteiger partial charge in [-0.15, -0.1) is 0 Å². The highest BCUT2D eigenvalue weighted by atomic mass is 16.6. The molecule has 0 saturated carbocycles. The number of nitrogens with zero attached hydrogens (tertiary/aromatic N) is 1. The predicted molar refractivity (Wildman–Crippen MR) is 131 cm³/mol. The smallest absolute Gasteiger partial charge is 0.338 e. The van der Waals surface area contributed by atoms with E-state index in [1.807, 2.05) is 6.92 Å². The van der Waals surface area contributed by atoms with Gasteiger partial charge in [-0.25, -0.2) is 4.79 Å². The lowest BCUT2D eigenvalue weighted by Gasteiger charge is -2.10. The summed E-state index contributed by atoms with van der Waals surface area (Å²) in [4.78, 5) is 46.9. The van der Waals surface area contributed by atoms with E-state index in [2.05, 4.69) is 15.4 Å². The van der Waals surface area contributed by atoms with E-state index in [4.69, 9.17) is 9.47 Å². The first kappa shape index (κ1) is 25.7. The number of benzene rings is 3. The number of esters is 1. The standard InChI is InChI=1S/C25H23N3O8/c1-3-35-20-11-9-19(10-12-20)27-24(30)16-4-7-18(8-5-16)26-23(29)15-36-22-13-6-17(25(31)34-2)14-21(22)28(32)33/h4-14H,3,15H2,1-2H3,(H,26,29)(H,27,30). The molecule has 0 aromatic heterocycles. The summed E-state index contributed by atoms with van der Waals surface area (Å²) in [6.07, 6.45) is 0. The van der Waals surface area contributed by atoms with E-state index in [0.29, 0.717) is 29.3 Å². The van der Waals surface area contributed by atoms with Crippen molar-refractivity contribution in [2.75, 3.05) is 31.0 Å². The molecule has 2 amide bonds. The average Bonchev–Trinajstić information content (AvgIpc) is 2.88. The Morgan fingerprint density at radius 1 is 0.861 bits per heavy atom. The average molecular weight is 493 g/mol. The van der Waals surface area contributed by atoms with Crippen LogP contribution in [0.2, 0.25) is 0 Å². The van der Waals surface area contributed by atoms with Gasteiger partial charge >= 0.3 is 11.7 Å². The van der Waals surface area contributed by atoms with E-state index in [1.54, 1.807) is 36.4 Å². The van der Waals surface area contributed by atoms with Crippen molar-refractivity contribution in [3.05, 3.63) is 88.0 Å². The number of hydrogen-bond donors (Lipinski definition) is 2. The molecule has 0 fully saturated rings. The number of ether oxygens (including phenoxy) is 3. The first-order chi connectivity index (χ1) is 17.3. The molecule has 0 unspecified atom stereocenters. The van der Waals surface area contributed by atoms with Crippen molar-refractivity contribution in [3.8, 4) is 11.5 Å². The summed E-state index contributed by atoms with van der Waals surface area (Å²) >= 11 is 0. The van der Waals surface area contributed by atoms with Crippen LogP contribution in [0.3, 0.4) is 0 Å². The predicted octanol–water partition coefficient (Wildman–Crippen LogP) is 4.05. The molecule has 0 atom stereocenters. The second kappa shape index (κ2) is 12.0. The molecule has 0 radical (unpaired) electrons. The van der Waals surface area contributed by atoms with Crippen LogP contribution in [0.25, 0.3) is 0 Å². The molecular formula is C25H23N3O8. The number of carbonyl (C=O) groups is 3. The van der Waals surface area contributed by atoms with Crippen molar-refractivity contribution in [1.29, 1.82) is 0 Å². The van der Waals surface area contributed by atoms with Crippen molar-refractivity contribution >= 4 is 34.8 Å². The van der Waals surface area contributed by atoms with Gasteiger partial charge in [0.1, 0.15) is 5.75 Å². The van der Waals surface area contributed by atoms with E-state index in [1.165, 1.54) is 24.3 Å². The zero-order chi connectivity index (χ0) is 26.1. The number of anilines is 2. The lowest BCUT2D eigenvalue weighted by atomic mass is 10.2. The van der Waals surface area contributed by atoms with Gasteiger partial charge in [0, 0.05) is 23.0 Å². The van der Waals surface area contributed by atoms with Gasteiger partial charge in [0.25, 0.3) is 11.8 Å². The van der Waals surface area contributed by atoms with Crippen molar-refractivity contribution in [1.82, 2.24) is 0 Å². The van der Waals surface area contributed by atoms with E-state index < -0.39 is 29.1 Å². The normalized spacial score (nSPS) is 10.2. The summed E-state index contributed by atoms with van der Waals surface area (Å²) in [7, 11) is 1.16. The molecule has 36 heavy (non-hydrogen) atoms. The summed E-state index contributed by atoms with van der Waals surface area (Å²) in [6, 6.07) is 16.6. The molecular weight excluding hydrogens is 470 g/mol. The topological polar surface area (TPSA) is 146 Å². The van der Waals surface area contributed by atoms with E-state index in [9.17, 15) is 24.5 Å². The van der Waals surface area contributed by atoms with E-state index in [0.717, 1.165) is 13.2 Å². The Labute approximate surface area is 206 Å². The number of nitrogens with one attached hydrogen (secondary N) is 2. The molecule has 3 aromatic carbocycles. The first-order valence-corrected chi connectivity index (χ1v) is 10.7. The minimum atomic E-state index is -0.737. The van der Waals surface area contributed by atoms with E-state index in [-0.39, 0.29) is 17.2 Å². The molecule has 0 saturated heterocycles. The minimum Gasteiger partial charge on any atom is -0.494 e. The maximum absolute atomic E-state index is 12.5. The second-order valence-corrected chi connectivity index (χ2v) is 7.26.